The van der Waals surface area contributed by atoms with Gasteiger partial charge in [0.1, 0.15) is 0 Å². The van der Waals surface area contributed by atoms with Crippen LogP contribution < -0.4 is 4.74 Å². The van der Waals surface area contributed by atoms with Gasteiger partial charge in [0, 0.05) is 16.9 Å². The lowest BCUT2D eigenvalue weighted by Crippen LogP contribution is -2.17. The van der Waals surface area contributed by atoms with Crippen LogP contribution in [0.4, 0.5) is 0 Å². The van der Waals surface area contributed by atoms with Crippen LogP contribution in [0.3, 0.4) is 0 Å². The average Bonchev–Trinajstić information content (AvgIpc) is 3.45. The van der Waals surface area contributed by atoms with Crippen LogP contribution in [0.2, 0.25) is 5.02 Å². The smallest absolute Gasteiger partial charge is 0.306 e. The van der Waals surface area contributed by atoms with Gasteiger partial charge in [-0.1, -0.05) is 55.0 Å². The first-order valence-corrected chi connectivity index (χ1v) is 11.1. The van der Waals surface area contributed by atoms with Gasteiger partial charge in [0.25, 0.3) is 6.01 Å². The molecule has 0 saturated heterocycles. The summed E-state index contributed by atoms with van der Waals surface area (Å²) in [5.74, 6) is -0.984. The monoisotopic (exact) mass is 436 g/mol. The van der Waals surface area contributed by atoms with Crippen LogP contribution in [0.25, 0.3) is 16.6 Å². The van der Waals surface area contributed by atoms with Gasteiger partial charge in [-0.05, 0) is 49.0 Å². The highest BCUT2D eigenvalue weighted by Gasteiger charge is 2.43. The number of aromatic nitrogens is 2. The Morgan fingerprint density at radius 1 is 1.32 bits per heavy atom. The van der Waals surface area contributed by atoms with E-state index in [1.807, 2.05) is 12.1 Å². The maximum atomic E-state index is 11.0. The van der Waals surface area contributed by atoms with E-state index in [0.29, 0.717) is 24.1 Å². The molecule has 1 heterocycles. The van der Waals surface area contributed by atoms with Gasteiger partial charge in [-0.25, -0.2) is 0 Å². The lowest BCUT2D eigenvalue weighted by atomic mass is 9.73. The lowest BCUT2D eigenvalue weighted by molar-refractivity contribution is -0.138. The summed E-state index contributed by atoms with van der Waals surface area (Å²) >= 11 is 6.61. The van der Waals surface area contributed by atoms with Crippen LogP contribution in [-0.4, -0.2) is 27.7 Å². The molecule has 1 aromatic carbocycles. The molecule has 3 unspecified atom stereocenters. The fourth-order valence-electron chi connectivity index (χ4n) is 4.40. The van der Waals surface area contributed by atoms with Crippen LogP contribution in [0.1, 0.15) is 38.2 Å². The second kappa shape index (κ2) is 7.72. The zero-order valence-corrected chi connectivity index (χ0v) is 18.2. The Labute approximate surface area is 186 Å². The second-order valence-corrected chi connectivity index (χ2v) is 9.30. The molecule has 31 heavy (non-hydrogen) atoms. The van der Waals surface area contributed by atoms with E-state index in [0.717, 1.165) is 41.4 Å². The number of rotatable bonds is 6. The minimum atomic E-state index is -0.754. The first-order chi connectivity index (χ1) is 14.9. The van der Waals surface area contributed by atoms with Crippen molar-refractivity contribution in [1.29, 1.82) is 0 Å². The summed E-state index contributed by atoms with van der Waals surface area (Å²) in [6.45, 7) is 2.63. The minimum Gasteiger partial charge on any atom is -0.481 e. The molecule has 0 aliphatic heterocycles. The number of halogens is 1. The molecule has 3 atom stereocenters. The third kappa shape index (κ3) is 3.94. The number of carbonyl (C=O) groups is 1. The first kappa shape index (κ1) is 20.1. The number of carboxylic acids is 1. The minimum absolute atomic E-state index is 0.0148. The summed E-state index contributed by atoms with van der Waals surface area (Å²) in [6.07, 6.45) is 17.3. The van der Waals surface area contributed by atoms with E-state index in [4.69, 9.17) is 21.4 Å². The highest BCUT2D eigenvalue weighted by atomic mass is 35.5. The van der Waals surface area contributed by atoms with Crippen LogP contribution in [0.15, 0.2) is 54.2 Å². The molecule has 0 bridgehead atoms. The quantitative estimate of drug-likeness (QED) is 0.587. The van der Waals surface area contributed by atoms with Gasteiger partial charge in [0.15, 0.2) is 0 Å². The van der Waals surface area contributed by atoms with E-state index >= 15 is 0 Å². The molecule has 1 saturated carbocycles. The number of fused-ring (bicyclic) bond motifs is 1. The summed E-state index contributed by atoms with van der Waals surface area (Å²) in [7, 11) is 0. The fraction of sp³-hybridized carbons (Fsp3) is 0.360. The van der Waals surface area contributed by atoms with E-state index in [1.54, 1.807) is 0 Å². The summed E-state index contributed by atoms with van der Waals surface area (Å²) < 4.78 is 5.70. The summed E-state index contributed by atoms with van der Waals surface area (Å²) in [4.78, 5) is 18.6. The third-order valence-electron chi connectivity index (χ3n) is 6.57. The molecule has 2 aromatic rings. The van der Waals surface area contributed by atoms with Crippen molar-refractivity contribution in [2.45, 2.75) is 32.6 Å². The molecule has 3 aliphatic carbocycles. The molecular formula is C25H25ClN2O3. The number of carboxylic acid groups (broad SMARTS) is 1. The van der Waals surface area contributed by atoms with Gasteiger partial charge in [-0.2, -0.15) is 4.98 Å². The summed E-state index contributed by atoms with van der Waals surface area (Å²) in [6, 6.07) is 4.26. The van der Waals surface area contributed by atoms with Gasteiger partial charge in [-0.15, -0.1) is 0 Å². The summed E-state index contributed by atoms with van der Waals surface area (Å²) in [5.41, 5.74) is 5.02. The number of ether oxygens (including phenoxy) is 1. The van der Waals surface area contributed by atoms with Crippen LogP contribution in [0, 0.1) is 17.3 Å². The highest BCUT2D eigenvalue weighted by Crippen LogP contribution is 2.42. The Hall–Kier alpha value is -2.79. The Bertz CT molecular complexity index is 1170. The van der Waals surface area contributed by atoms with Gasteiger partial charge in [0.05, 0.1) is 28.6 Å². The number of H-pyrrole nitrogens is 1. The number of hydrogen-bond donors (Lipinski definition) is 2. The molecule has 0 spiro atoms. The fourth-order valence-corrected chi connectivity index (χ4v) is 4.67. The predicted octanol–water partition coefficient (Wildman–Crippen LogP) is 5.94. The highest BCUT2D eigenvalue weighted by molar-refractivity contribution is 6.33. The molecule has 5 rings (SSSR count). The Morgan fingerprint density at radius 2 is 2.19 bits per heavy atom. The zero-order valence-electron chi connectivity index (χ0n) is 17.4. The van der Waals surface area contributed by atoms with E-state index in [2.05, 4.69) is 53.3 Å². The number of aromatic amines is 1. The number of nitrogens with zero attached hydrogens (tertiary/aromatic N) is 1. The molecule has 0 radical (unpaired) electrons. The van der Waals surface area contributed by atoms with Crippen molar-refractivity contribution in [3.8, 4) is 6.01 Å². The topological polar surface area (TPSA) is 75.2 Å². The van der Waals surface area contributed by atoms with Crippen LogP contribution >= 0.6 is 11.6 Å². The normalized spacial score (nSPS) is 27.2. The van der Waals surface area contributed by atoms with E-state index < -0.39 is 5.97 Å². The number of nitrogens with one attached hydrogen (secondary N) is 1. The van der Waals surface area contributed by atoms with Crippen molar-refractivity contribution >= 4 is 34.2 Å². The molecule has 3 aliphatic rings. The maximum Gasteiger partial charge on any atom is 0.306 e. The largest absolute Gasteiger partial charge is 0.481 e. The second-order valence-electron chi connectivity index (χ2n) is 8.90. The Kier molecular flexibility index (Phi) is 5.01. The zero-order chi connectivity index (χ0) is 21.6. The summed E-state index contributed by atoms with van der Waals surface area (Å²) in [5, 5.41) is 9.68. The van der Waals surface area contributed by atoms with Gasteiger partial charge < -0.3 is 14.8 Å². The standard InChI is InChI=1S/C25H25ClN2O3/c1-25(17-5-3-2-4-6-17)9-7-15(8-10-25)18-12-21-22(13-20(18)26)28-24(27-21)31-14-16-11-19(16)23(29)30/h3,5-9,12-13,16,19H,2,4,10-11,14H2,1H3,(H,27,28)(H,29,30). The predicted molar refractivity (Wildman–Crippen MR) is 122 cm³/mol. The third-order valence-corrected chi connectivity index (χ3v) is 6.88. The number of allylic oxidation sites excluding steroid dienone is 8. The molecule has 1 aromatic heterocycles. The van der Waals surface area contributed by atoms with Crippen molar-refractivity contribution < 1.29 is 14.6 Å². The number of imidazole rings is 1. The van der Waals surface area contributed by atoms with Crippen molar-refractivity contribution in [3.05, 3.63) is 64.7 Å². The van der Waals surface area contributed by atoms with E-state index in [1.165, 1.54) is 5.57 Å². The molecule has 2 N–H and O–H groups in total. The first-order valence-electron chi connectivity index (χ1n) is 10.7. The molecule has 5 nitrogen and oxygen atoms in total. The van der Waals surface area contributed by atoms with Gasteiger partial charge in [-0.3, -0.25) is 4.79 Å². The van der Waals surface area contributed by atoms with Crippen molar-refractivity contribution in [2.75, 3.05) is 6.61 Å². The molecule has 0 amide bonds. The average molecular weight is 437 g/mol. The molecular weight excluding hydrogens is 412 g/mol. The van der Waals surface area contributed by atoms with Gasteiger partial charge >= 0.3 is 5.97 Å². The van der Waals surface area contributed by atoms with Crippen LogP contribution in [0.5, 0.6) is 6.01 Å². The van der Waals surface area contributed by atoms with Crippen molar-refractivity contribution in [2.24, 2.45) is 17.3 Å². The molecule has 160 valence electrons. The molecule has 1 fully saturated rings. The van der Waals surface area contributed by atoms with Crippen molar-refractivity contribution in [3.63, 3.8) is 0 Å². The molecule has 6 heteroatoms. The lowest BCUT2D eigenvalue weighted by Gasteiger charge is -2.31. The number of aliphatic carboxylic acids is 1. The number of hydrogen-bond acceptors (Lipinski definition) is 3. The Morgan fingerprint density at radius 3 is 2.87 bits per heavy atom. The maximum absolute atomic E-state index is 11.0. The van der Waals surface area contributed by atoms with Crippen molar-refractivity contribution in [1.82, 2.24) is 9.97 Å². The Balaban J connectivity index is 1.33. The van der Waals surface area contributed by atoms with E-state index in [-0.39, 0.29) is 17.3 Å². The van der Waals surface area contributed by atoms with Gasteiger partial charge in [0.2, 0.25) is 0 Å². The number of benzene rings is 1. The SMILES string of the molecule is CC1(C2=CCCC=C2)C=CC(c2cc3nc(OCC4CC4C(=O)O)[nH]c3cc2Cl)=CC1. The van der Waals surface area contributed by atoms with Crippen LogP contribution in [-0.2, 0) is 4.79 Å². The van der Waals surface area contributed by atoms with E-state index in [9.17, 15) is 4.79 Å².